The highest BCUT2D eigenvalue weighted by molar-refractivity contribution is 5.76. The number of aryl methyl sites for hydroxylation is 2. The molecule has 0 saturated carbocycles. The van der Waals surface area contributed by atoms with Gasteiger partial charge >= 0.3 is 0 Å². The largest absolute Gasteiger partial charge is 0.296 e. The van der Waals surface area contributed by atoms with Gasteiger partial charge in [-0.3, -0.25) is 9.89 Å². The maximum Gasteiger partial charge on any atom is 0.276 e. The minimum atomic E-state index is -0.0667. The van der Waals surface area contributed by atoms with E-state index in [1.54, 1.807) is 29.5 Å². The maximum absolute atomic E-state index is 12.7. The fraction of sp³-hybridized carbons (Fsp3) is 0.278. The molecular formula is C18H19N7O. The Bertz CT molecular complexity index is 1150. The molecule has 0 amide bonds. The van der Waals surface area contributed by atoms with E-state index in [1.807, 2.05) is 33.9 Å². The summed E-state index contributed by atoms with van der Waals surface area (Å²) in [5.74, 6) is 0.602. The summed E-state index contributed by atoms with van der Waals surface area (Å²) in [4.78, 5) is 25.9. The van der Waals surface area contributed by atoms with Crippen LogP contribution in [0.4, 0.5) is 0 Å². The highest BCUT2D eigenvalue weighted by Crippen LogP contribution is 2.24. The molecule has 0 fully saturated rings. The van der Waals surface area contributed by atoms with Crippen molar-refractivity contribution in [3.63, 3.8) is 0 Å². The van der Waals surface area contributed by atoms with E-state index in [0.717, 1.165) is 27.9 Å². The molecule has 0 aliphatic carbocycles. The monoisotopic (exact) mass is 349 g/mol. The van der Waals surface area contributed by atoms with Crippen LogP contribution in [0.15, 0.2) is 35.8 Å². The third-order valence-electron chi connectivity index (χ3n) is 4.33. The average Bonchev–Trinajstić information content (AvgIpc) is 3.22. The molecule has 8 nitrogen and oxygen atoms in total. The fourth-order valence-corrected chi connectivity index (χ4v) is 3.09. The zero-order chi connectivity index (χ0) is 18.4. The molecule has 0 aromatic carbocycles. The van der Waals surface area contributed by atoms with Gasteiger partial charge in [0.05, 0.1) is 6.20 Å². The second-order valence-corrected chi connectivity index (χ2v) is 6.65. The maximum atomic E-state index is 12.7. The summed E-state index contributed by atoms with van der Waals surface area (Å²) in [5, 5.41) is 7.34. The van der Waals surface area contributed by atoms with Gasteiger partial charge in [-0.15, -0.1) is 0 Å². The van der Waals surface area contributed by atoms with E-state index in [9.17, 15) is 4.79 Å². The van der Waals surface area contributed by atoms with Gasteiger partial charge in [0, 0.05) is 47.2 Å². The van der Waals surface area contributed by atoms with Gasteiger partial charge in [-0.05, 0) is 25.3 Å². The second-order valence-electron chi connectivity index (χ2n) is 6.65. The average molecular weight is 349 g/mol. The lowest BCUT2D eigenvalue weighted by Gasteiger charge is -2.08. The predicted octanol–water partition coefficient (Wildman–Crippen LogP) is 2.41. The van der Waals surface area contributed by atoms with Gasteiger partial charge in [0.2, 0.25) is 5.95 Å². The lowest BCUT2D eigenvalue weighted by Crippen LogP contribution is -2.22. The Morgan fingerprint density at radius 1 is 1.12 bits per heavy atom. The number of nitrogens with one attached hydrogen (secondary N) is 1. The third kappa shape index (κ3) is 2.50. The number of hydrogen-bond acceptors (Lipinski definition) is 5. The Morgan fingerprint density at radius 2 is 1.85 bits per heavy atom. The van der Waals surface area contributed by atoms with E-state index in [0.29, 0.717) is 11.6 Å². The van der Waals surface area contributed by atoms with Crippen molar-refractivity contribution in [3.8, 4) is 17.1 Å². The number of aromatic amines is 1. The SMILES string of the molecule is Cc1cnc(-n2cc(-c3c[nH]n4c(=O)c(C(C)C)c(C)nc34)cn2)nc1. The first-order valence-corrected chi connectivity index (χ1v) is 8.40. The molecule has 0 aliphatic heterocycles. The van der Waals surface area contributed by atoms with Crippen molar-refractivity contribution in [2.45, 2.75) is 33.6 Å². The topological polar surface area (TPSA) is 93.8 Å². The molecule has 0 atom stereocenters. The first kappa shape index (κ1) is 16.2. The summed E-state index contributed by atoms with van der Waals surface area (Å²) in [6.07, 6.45) is 8.79. The van der Waals surface area contributed by atoms with Gasteiger partial charge in [0.25, 0.3) is 5.56 Å². The minimum absolute atomic E-state index is 0.0667. The van der Waals surface area contributed by atoms with E-state index in [1.165, 1.54) is 4.52 Å². The normalized spacial score (nSPS) is 11.6. The number of rotatable bonds is 3. The lowest BCUT2D eigenvalue weighted by atomic mass is 10.0. The fourth-order valence-electron chi connectivity index (χ4n) is 3.09. The smallest absolute Gasteiger partial charge is 0.276 e. The predicted molar refractivity (Wildman–Crippen MR) is 97.5 cm³/mol. The van der Waals surface area contributed by atoms with E-state index >= 15 is 0 Å². The van der Waals surface area contributed by atoms with Gasteiger partial charge < -0.3 is 0 Å². The summed E-state index contributed by atoms with van der Waals surface area (Å²) in [5.41, 5.74) is 4.61. The van der Waals surface area contributed by atoms with Crippen LogP contribution < -0.4 is 5.56 Å². The summed E-state index contributed by atoms with van der Waals surface area (Å²) in [6.45, 7) is 7.79. The molecule has 4 aromatic rings. The van der Waals surface area contributed by atoms with Crippen molar-refractivity contribution >= 4 is 5.65 Å². The van der Waals surface area contributed by atoms with Crippen LogP contribution in [0.3, 0.4) is 0 Å². The molecule has 0 bridgehead atoms. The van der Waals surface area contributed by atoms with Crippen molar-refractivity contribution in [2.75, 3.05) is 0 Å². The molecule has 132 valence electrons. The first-order valence-electron chi connectivity index (χ1n) is 8.40. The quantitative estimate of drug-likeness (QED) is 0.613. The number of hydrogen-bond donors (Lipinski definition) is 1. The van der Waals surface area contributed by atoms with Crippen LogP contribution in [0.5, 0.6) is 0 Å². The highest BCUT2D eigenvalue weighted by Gasteiger charge is 2.17. The molecule has 4 rings (SSSR count). The van der Waals surface area contributed by atoms with Gasteiger partial charge in [-0.1, -0.05) is 13.8 Å². The second kappa shape index (κ2) is 5.91. The van der Waals surface area contributed by atoms with Crippen molar-refractivity contribution in [1.29, 1.82) is 0 Å². The summed E-state index contributed by atoms with van der Waals surface area (Å²) >= 11 is 0. The Labute approximate surface area is 149 Å². The summed E-state index contributed by atoms with van der Waals surface area (Å²) in [7, 11) is 0. The molecular weight excluding hydrogens is 330 g/mol. The molecule has 0 radical (unpaired) electrons. The first-order chi connectivity index (χ1) is 12.5. The minimum Gasteiger partial charge on any atom is -0.296 e. The van der Waals surface area contributed by atoms with Crippen molar-refractivity contribution < 1.29 is 0 Å². The number of aromatic nitrogens is 7. The lowest BCUT2D eigenvalue weighted by molar-refractivity contribution is 0.780. The van der Waals surface area contributed by atoms with Crippen LogP contribution in [0, 0.1) is 13.8 Å². The molecule has 0 saturated heterocycles. The highest BCUT2D eigenvalue weighted by atomic mass is 16.1. The zero-order valence-corrected chi connectivity index (χ0v) is 15.1. The summed E-state index contributed by atoms with van der Waals surface area (Å²) < 4.78 is 3.09. The Kier molecular flexibility index (Phi) is 3.68. The zero-order valence-electron chi connectivity index (χ0n) is 15.1. The summed E-state index contributed by atoms with van der Waals surface area (Å²) in [6, 6.07) is 0. The van der Waals surface area contributed by atoms with Crippen molar-refractivity contribution in [3.05, 3.63) is 58.2 Å². The van der Waals surface area contributed by atoms with E-state index in [4.69, 9.17) is 0 Å². The Morgan fingerprint density at radius 3 is 2.54 bits per heavy atom. The standard InChI is InChI=1S/C18H19N7O/c1-10(2)15-12(4)23-16-14(8-22-25(16)17(15)26)13-7-21-24(9-13)18-19-5-11(3)6-20-18/h5-10,22H,1-4H3. The Hall–Kier alpha value is -3.29. The van der Waals surface area contributed by atoms with E-state index in [2.05, 4.69) is 25.1 Å². The van der Waals surface area contributed by atoms with Gasteiger partial charge in [-0.2, -0.15) is 5.10 Å². The number of nitrogens with zero attached hydrogens (tertiary/aromatic N) is 6. The van der Waals surface area contributed by atoms with Crippen LogP contribution in [0.1, 0.15) is 36.6 Å². The third-order valence-corrected chi connectivity index (χ3v) is 4.33. The van der Waals surface area contributed by atoms with Gasteiger partial charge in [0.1, 0.15) is 0 Å². The number of H-pyrrole nitrogens is 1. The van der Waals surface area contributed by atoms with Crippen LogP contribution in [0.25, 0.3) is 22.7 Å². The van der Waals surface area contributed by atoms with Crippen LogP contribution >= 0.6 is 0 Å². The van der Waals surface area contributed by atoms with Crippen LogP contribution in [-0.2, 0) is 0 Å². The van der Waals surface area contributed by atoms with Crippen molar-refractivity contribution in [2.24, 2.45) is 0 Å². The molecule has 26 heavy (non-hydrogen) atoms. The molecule has 4 aromatic heterocycles. The molecule has 0 unspecified atom stereocenters. The van der Waals surface area contributed by atoms with Crippen LogP contribution in [-0.4, -0.2) is 34.3 Å². The van der Waals surface area contributed by atoms with Gasteiger partial charge in [0.15, 0.2) is 5.65 Å². The molecule has 4 heterocycles. The molecule has 1 N–H and O–H groups in total. The number of fused-ring (bicyclic) bond motifs is 1. The molecule has 8 heteroatoms. The molecule has 0 spiro atoms. The molecule has 0 aliphatic rings. The van der Waals surface area contributed by atoms with E-state index < -0.39 is 0 Å². The van der Waals surface area contributed by atoms with Crippen molar-refractivity contribution in [1.82, 2.24) is 34.3 Å². The Balaban J connectivity index is 1.83. The van der Waals surface area contributed by atoms with E-state index in [-0.39, 0.29) is 11.5 Å². The van der Waals surface area contributed by atoms with Crippen LogP contribution in [0.2, 0.25) is 0 Å². The van der Waals surface area contributed by atoms with Gasteiger partial charge in [-0.25, -0.2) is 24.1 Å².